The lowest BCUT2D eigenvalue weighted by Gasteiger charge is -2.11. The van der Waals surface area contributed by atoms with Crippen molar-refractivity contribution in [1.82, 2.24) is 9.97 Å². The van der Waals surface area contributed by atoms with E-state index in [9.17, 15) is 8.42 Å². The summed E-state index contributed by atoms with van der Waals surface area (Å²) < 4.78 is 24.7. The summed E-state index contributed by atoms with van der Waals surface area (Å²) in [6, 6.07) is 6.85. The van der Waals surface area contributed by atoms with E-state index in [1.807, 2.05) is 6.92 Å². The Labute approximate surface area is 113 Å². The van der Waals surface area contributed by atoms with Crippen molar-refractivity contribution in [3.05, 3.63) is 42.2 Å². The highest BCUT2D eigenvalue weighted by atomic mass is 32.2. The Balaban J connectivity index is 2.63. The largest absolute Gasteiger partial charge is 0.236 e. The summed E-state index contributed by atoms with van der Waals surface area (Å²) in [5, 5.41) is -0.473. The van der Waals surface area contributed by atoms with E-state index in [1.165, 1.54) is 0 Å². The third-order valence-corrected chi connectivity index (χ3v) is 5.05. The van der Waals surface area contributed by atoms with Crippen LogP contribution in [0.25, 0.3) is 11.4 Å². The van der Waals surface area contributed by atoms with E-state index >= 15 is 0 Å². The van der Waals surface area contributed by atoms with Gasteiger partial charge in [-0.1, -0.05) is 12.1 Å². The van der Waals surface area contributed by atoms with E-state index in [4.69, 9.17) is 0 Å². The Morgan fingerprint density at radius 1 is 1.05 bits per heavy atom. The predicted molar refractivity (Wildman–Crippen MR) is 74.5 cm³/mol. The first-order valence-corrected chi connectivity index (χ1v) is 7.59. The van der Waals surface area contributed by atoms with Crippen molar-refractivity contribution >= 4 is 9.84 Å². The zero-order valence-electron chi connectivity index (χ0n) is 11.2. The monoisotopic (exact) mass is 276 g/mol. The van der Waals surface area contributed by atoms with Crippen LogP contribution in [0.4, 0.5) is 0 Å². The van der Waals surface area contributed by atoms with Gasteiger partial charge in [0, 0.05) is 18.0 Å². The molecular formula is C14H16N2O2S. The second-order valence-electron chi connectivity index (χ2n) is 4.67. The zero-order valence-corrected chi connectivity index (χ0v) is 12.0. The molecule has 0 aliphatic rings. The highest BCUT2D eigenvalue weighted by molar-refractivity contribution is 7.92. The van der Waals surface area contributed by atoms with Crippen molar-refractivity contribution < 1.29 is 8.42 Å². The molecule has 0 aliphatic carbocycles. The molecule has 100 valence electrons. The molecule has 0 atom stereocenters. The molecule has 0 fully saturated rings. The lowest BCUT2D eigenvalue weighted by Crippen LogP contribution is -2.15. The van der Waals surface area contributed by atoms with Crippen molar-refractivity contribution in [3.8, 4) is 11.4 Å². The summed E-state index contributed by atoms with van der Waals surface area (Å²) in [5.41, 5.74) is 1.49. The first-order chi connectivity index (χ1) is 8.93. The van der Waals surface area contributed by atoms with Gasteiger partial charge in [0.2, 0.25) is 0 Å². The number of rotatable bonds is 3. The summed E-state index contributed by atoms with van der Waals surface area (Å²) in [6.07, 6.45) is 3.36. The minimum Gasteiger partial charge on any atom is -0.236 e. The third-order valence-electron chi connectivity index (χ3n) is 2.84. The molecule has 0 saturated carbocycles. The van der Waals surface area contributed by atoms with Crippen LogP contribution in [0.1, 0.15) is 19.4 Å². The summed E-state index contributed by atoms with van der Waals surface area (Å²) >= 11 is 0. The van der Waals surface area contributed by atoms with E-state index in [1.54, 1.807) is 50.5 Å². The fourth-order valence-corrected chi connectivity index (χ4v) is 2.93. The van der Waals surface area contributed by atoms with Crippen LogP contribution in [0, 0.1) is 6.92 Å². The quantitative estimate of drug-likeness (QED) is 0.864. The first-order valence-electron chi connectivity index (χ1n) is 6.05. The van der Waals surface area contributed by atoms with Gasteiger partial charge in [-0.25, -0.2) is 18.4 Å². The van der Waals surface area contributed by atoms with Crippen LogP contribution >= 0.6 is 0 Å². The maximum Gasteiger partial charge on any atom is 0.181 e. The van der Waals surface area contributed by atoms with Gasteiger partial charge in [0.25, 0.3) is 0 Å². The average Bonchev–Trinajstić information content (AvgIpc) is 2.39. The van der Waals surface area contributed by atoms with Gasteiger partial charge >= 0.3 is 0 Å². The third kappa shape index (κ3) is 2.66. The second kappa shape index (κ2) is 5.09. The number of hydrogen-bond acceptors (Lipinski definition) is 4. The fourth-order valence-electron chi connectivity index (χ4n) is 1.69. The molecular weight excluding hydrogens is 260 g/mol. The van der Waals surface area contributed by atoms with Crippen molar-refractivity contribution in [1.29, 1.82) is 0 Å². The average molecular weight is 276 g/mol. The van der Waals surface area contributed by atoms with Gasteiger partial charge < -0.3 is 0 Å². The van der Waals surface area contributed by atoms with Gasteiger partial charge in [0.1, 0.15) is 0 Å². The Morgan fingerprint density at radius 3 is 2.21 bits per heavy atom. The molecule has 0 radical (unpaired) electrons. The Morgan fingerprint density at radius 2 is 1.63 bits per heavy atom. The predicted octanol–water partition coefficient (Wildman–Crippen LogP) is 2.63. The summed E-state index contributed by atoms with van der Waals surface area (Å²) in [5.74, 6) is 0.436. The molecule has 0 saturated heterocycles. The molecule has 19 heavy (non-hydrogen) atoms. The summed E-state index contributed by atoms with van der Waals surface area (Å²) in [4.78, 5) is 8.70. The van der Waals surface area contributed by atoms with Crippen LogP contribution in [0.2, 0.25) is 0 Å². The number of benzene rings is 1. The summed E-state index contributed by atoms with van der Waals surface area (Å²) in [7, 11) is -3.35. The SMILES string of the molecule is Cc1cnc(-c2ccccc2S(=O)(=O)C(C)C)nc1. The van der Waals surface area contributed by atoms with E-state index in [-0.39, 0.29) is 4.90 Å². The molecule has 1 aromatic heterocycles. The topological polar surface area (TPSA) is 59.9 Å². The number of aryl methyl sites for hydroxylation is 1. The Hall–Kier alpha value is -1.75. The molecule has 1 aromatic carbocycles. The maximum atomic E-state index is 12.3. The number of nitrogens with zero attached hydrogens (tertiary/aromatic N) is 2. The molecule has 0 aliphatic heterocycles. The van der Waals surface area contributed by atoms with Crippen molar-refractivity contribution in [2.24, 2.45) is 0 Å². The Kier molecular flexibility index (Phi) is 3.66. The minimum absolute atomic E-state index is 0.286. The van der Waals surface area contributed by atoms with Crippen molar-refractivity contribution in [2.75, 3.05) is 0 Å². The smallest absolute Gasteiger partial charge is 0.181 e. The lowest BCUT2D eigenvalue weighted by atomic mass is 10.2. The fraction of sp³-hybridized carbons (Fsp3) is 0.286. The highest BCUT2D eigenvalue weighted by Crippen LogP contribution is 2.27. The molecule has 2 rings (SSSR count). The lowest BCUT2D eigenvalue weighted by molar-refractivity contribution is 0.587. The van der Waals surface area contributed by atoms with Gasteiger partial charge in [0.05, 0.1) is 10.1 Å². The number of hydrogen-bond donors (Lipinski definition) is 0. The number of aromatic nitrogens is 2. The van der Waals surface area contributed by atoms with Crippen molar-refractivity contribution in [3.63, 3.8) is 0 Å². The maximum absolute atomic E-state index is 12.3. The molecule has 0 unspecified atom stereocenters. The van der Waals surface area contributed by atoms with Gasteiger partial charge in [-0.3, -0.25) is 0 Å². The molecule has 0 bridgehead atoms. The van der Waals surface area contributed by atoms with Gasteiger partial charge in [-0.05, 0) is 38.5 Å². The first kappa shape index (κ1) is 13.7. The minimum atomic E-state index is -3.35. The van der Waals surface area contributed by atoms with Gasteiger partial charge in [0.15, 0.2) is 15.7 Å². The van der Waals surface area contributed by atoms with Crippen LogP contribution in [-0.2, 0) is 9.84 Å². The molecule has 0 spiro atoms. The van der Waals surface area contributed by atoms with Gasteiger partial charge in [-0.15, -0.1) is 0 Å². The number of sulfone groups is 1. The Bertz CT molecular complexity index is 677. The molecule has 4 nitrogen and oxygen atoms in total. The molecule has 0 amide bonds. The molecule has 2 aromatic rings. The van der Waals surface area contributed by atoms with Crippen LogP contribution in [0.5, 0.6) is 0 Å². The zero-order chi connectivity index (χ0) is 14.0. The van der Waals surface area contributed by atoms with Crippen LogP contribution < -0.4 is 0 Å². The van der Waals surface area contributed by atoms with E-state index < -0.39 is 15.1 Å². The van der Waals surface area contributed by atoms with E-state index in [0.717, 1.165) is 5.56 Å². The molecule has 0 N–H and O–H groups in total. The van der Waals surface area contributed by atoms with Crippen molar-refractivity contribution in [2.45, 2.75) is 30.9 Å². The van der Waals surface area contributed by atoms with Crippen LogP contribution in [-0.4, -0.2) is 23.6 Å². The standard InChI is InChI=1S/C14H16N2O2S/c1-10(2)19(17,18)13-7-5-4-6-12(13)14-15-8-11(3)9-16-14/h4-10H,1-3H3. The van der Waals surface area contributed by atoms with Crippen LogP contribution in [0.15, 0.2) is 41.6 Å². The van der Waals surface area contributed by atoms with E-state index in [2.05, 4.69) is 9.97 Å². The van der Waals surface area contributed by atoms with Gasteiger partial charge in [-0.2, -0.15) is 0 Å². The van der Waals surface area contributed by atoms with Crippen LogP contribution in [0.3, 0.4) is 0 Å². The normalized spacial score (nSPS) is 11.8. The molecule has 1 heterocycles. The summed E-state index contributed by atoms with van der Waals surface area (Å²) in [6.45, 7) is 5.23. The van der Waals surface area contributed by atoms with E-state index in [0.29, 0.717) is 11.4 Å². The second-order valence-corrected chi connectivity index (χ2v) is 7.15. The highest BCUT2D eigenvalue weighted by Gasteiger charge is 2.23. The molecule has 5 heteroatoms.